The molecule has 1 heterocycles. The van der Waals surface area contributed by atoms with Gasteiger partial charge in [0, 0.05) is 0 Å². The van der Waals surface area contributed by atoms with Gasteiger partial charge in [0.15, 0.2) is 0 Å². The normalized spacial score (nSPS) is 9.80. The Bertz CT molecular complexity index is 358. The van der Waals surface area contributed by atoms with Crippen LogP contribution in [0.4, 0.5) is 5.69 Å². The van der Waals surface area contributed by atoms with E-state index in [1.807, 2.05) is 6.07 Å². The van der Waals surface area contributed by atoms with E-state index in [2.05, 4.69) is 42.2 Å². The Morgan fingerprint density at radius 1 is 1.53 bits per heavy atom. The van der Waals surface area contributed by atoms with Crippen molar-refractivity contribution in [1.82, 2.24) is 4.98 Å². The number of rotatable bonds is 4. The van der Waals surface area contributed by atoms with Crippen LogP contribution >= 0.6 is 31.9 Å². The van der Waals surface area contributed by atoms with Crippen molar-refractivity contribution >= 4 is 43.5 Å². The second kappa shape index (κ2) is 6.07. The molecule has 0 fully saturated rings. The van der Waals surface area contributed by atoms with Gasteiger partial charge in [-0.25, -0.2) is 4.98 Å². The van der Waals surface area contributed by atoms with Crippen LogP contribution < -0.4 is 5.32 Å². The predicted molar refractivity (Wildman–Crippen MR) is 64.8 cm³/mol. The zero-order valence-electron chi connectivity index (χ0n) is 8.09. The van der Waals surface area contributed by atoms with E-state index in [1.54, 1.807) is 13.0 Å². The number of nitrogens with one attached hydrogen (secondary N) is 1. The molecule has 1 aromatic heterocycles. The number of hydrogen-bond acceptors (Lipinski definition) is 4. The molecule has 0 radical (unpaired) electrons. The summed E-state index contributed by atoms with van der Waals surface area (Å²) in [5, 5.41) is 2.92. The summed E-state index contributed by atoms with van der Waals surface area (Å²) in [5.74, 6) is -0.285. The Labute approximate surface area is 105 Å². The fourth-order valence-corrected chi connectivity index (χ4v) is 1.93. The highest BCUT2D eigenvalue weighted by Crippen LogP contribution is 2.21. The number of hydrogen-bond donors (Lipinski definition) is 1. The molecule has 0 aliphatic carbocycles. The van der Waals surface area contributed by atoms with Crippen molar-refractivity contribution in [2.75, 3.05) is 18.5 Å². The highest BCUT2D eigenvalue weighted by Gasteiger charge is 2.05. The number of carbonyl (C=O) groups excluding carboxylic acids is 1. The van der Waals surface area contributed by atoms with Crippen LogP contribution in [0.25, 0.3) is 0 Å². The first-order valence-corrected chi connectivity index (χ1v) is 5.93. The van der Waals surface area contributed by atoms with Gasteiger partial charge in [-0.15, -0.1) is 0 Å². The minimum absolute atomic E-state index is 0.135. The van der Waals surface area contributed by atoms with Crippen LogP contribution in [-0.2, 0) is 9.53 Å². The van der Waals surface area contributed by atoms with Crippen molar-refractivity contribution in [3.63, 3.8) is 0 Å². The van der Waals surface area contributed by atoms with Gasteiger partial charge in [-0.3, -0.25) is 4.79 Å². The third-order valence-electron chi connectivity index (χ3n) is 1.54. The quantitative estimate of drug-likeness (QED) is 0.677. The van der Waals surface area contributed by atoms with Crippen LogP contribution in [0.5, 0.6) is 0 Å². The van der Waals surface area contributed by atoms with Crippen molar-refractivity contribution in [3.05, 3.63) is 21.3 Å². The fourth-order valence-electron chi connectivity index (χ4n) is 0.923. The number of nitrogens with zero attached hydrogens (tertiary/aromatic N) is 1. The lowest BCUT2D eigenvalue weighted by Crippen LogP contribution is -2.17. The van der Waals surface area contributed by atoms with Gasteiger partial charge < -0.3 is 10.1 Å². The minimum Gasteiger partial charge on any atom is -0.465 e. The van der Waals surface area contributed by atoms with Gasteiger partial charge in [-0.2, -0.15) is 0 Å². The molecule has 4 nitrogen and oxygen atoms in total. The second-order valence-electron chi connectivity index (χ2n) is 2.63. The van der Waals surface area contributed by atoms with Gasteiger partial charge >= 0.3 is 5.97 Å². The zero-order valence-corrected chi connectivity index (χ0v) is 11.3. The van der Waals surface area contributed by atoms with Crippen molar-refractivity contribution in [2.24, 2.45) is 0 Å². The summed E-state index contributed by atoms with van der Waals surface area (Å²) in [4.78, 5) is 15.2. The first-order chi connectivity index (χ1) is 7.13. The third-order valence-corrected chi connectivity index (χ3v) is 2.59. The molecular formula is C9H10Br2N2O2. The van der Waals surface area contributed by atoms with Crippen molar-refractivity contribution < 1.29 is 9.53 Å². The number of pyridine rings is 1. The van der Waals surface area contributed by atoms with Gasteiger partial charge in [0.1, 0.15) is 15.8 Å². The third kappa shape index (κ3) is 4.17. The minimum atomic E-state index is -0.285. The summed E-state index contributed by atoms with van der Waals surface area (Å²) in [6.07, 6.45) is 0. The van der Waals surface area contributed by atoms with Gasteiger partial charge in [0.25, 0.3) is 0 Å². The summed E-state index contributed by atoms with van der Waals surface area (Å²) in [7, 11) is 0. The molecule has 6 heteroatoms. The van der Waals surface area contributed by atoms with E-state index in [9.17, 15) is 4.79 Å². The van der Waals surface area contributed by atoms with Crippen molar-refractivity contribution in [1.29, 1.82) is 0 Å². The lowest BCUT2D eigenvalue weighted by atomic mass is 10.4. The smallest absolute Gasteiger partial charge is 0.325 e. The van der Waals surface area contributed by atoms with Gasteiger partial charge in [-0.1, -0.05) is 0 Å². The Kier molecular flexibility index (Phi) is 5.04. The zero-order chi connectivity index (χ0) is 11.3. The van der Waals surface area contributed by atoms with Crippen LogP contribution in [0, 0.1) is 0 Å². The molecule has 1 aromatic rings. The molecule has 1 N–H and O–H groups in total. The highest BCUT2D eigenvalue weighted by molar-refractivity contribution is 9.11. The van der Waals surface area contributed by atoms with E-state index < -0.39 is 0 Å². The average molecular weight is 338 g/mol. The maximum Gasteiger partial charge on any atom is 0.325 e. The van der Waals surface area contributed by atoms with Crippen LogP contribution in [-0.4, -0.2) is 24.1 Å². The predicted octanol–water partition coefficient (Wildman–Crippen LogP) is 2.58. The topological polar surface area (TPSA) is 51.2 Å². The molecule has 0 aliphatic heterocycles. The number of aromatic nitrogens is 1. The number of anilines is 1. The monoisotopic (exact) mass is 336 g/mol. The molecule has 15 heavy (non-hydrogen) atoms. The fraction of sp³-hybridized carbons (Fsp3) is 0.333. The Morgan fingerprint density at radius 2 is 2.27 bits per heavy atom. The van der Waals surface area contributed by atoms with Crippen LogP contribution in [0.2, 0.25) is 0 Å². The Morgan fingerprint density at radius 3 is 2.87 bits per heavy atom. The maximum atomic E-state index is 11.1. The maximum absolute atomic E-state index is 11.1. The lowest BCUT2D eigenvalue weighted by molar-refractivity contribution is -0.140. The van der Waals surface area contributed by atoms with Crippen LogP contribution in [0.15, 0.2) is 21.3 Å². The van der Waals surface area contributed by atoms with Crippen molar-refractivity contribution in [2.45, 2.75) is 6.92 Å². The first kappa shape index (κ1) is 12.4. The van der Waals surface area contributed by atoms with Crippen LogP contribution in [0.1, 0.15) is 6.92 Å². The largest absolute Gasteiger partial charge is 0.465 e. The van der Waals surface area contributed by atoms with Crippen LogP contribution in [0.3, 0.4) is 0 Å². The Hall–Kier alpha value is -0.620. The number of carbonyl (C=O) groups is 1. The van der Waals surface area contributed by atoms with E-state index >= 15 is 0 Å². The second-order valence-corrected chi connectivity index (χ2v) is 4.19. The molecule has 0 aromatic carbocycles. The van der Waals surface area contributed by atoms with Gasteiger partial charge in [0.2, 0.25) is 0 Å². The van der Waals surface area contributed by atoms with E-state index in [-0.39, 0.29) is 12.5 Å². The molecule has 0 saturated carbocycles. The summed E-state index contributed by atoms with van der Waals surface area (Å²) in [6.45, 7) is 2.30. The molecule has 82 valence electrons. The molecule has 0 unspecified atom stereocenters. The molecule has 0 atom stereocenters. The molecule has 0 spiro atoms. The molecular weight excluding hydrogens is 328 g/mol. The number of ether oxygens (including phenoxy) is 1. The van der Waals surface area contributed by atoms with E-state index in [0.29, 0.717) is 11.2 Å². The van der Waals surface area contributed by atoms with Gasteiger partial charge in [-0.05, 0) is 50.9 Å². The summed E-state index contributed by atoms with van der Waals surface area (Å²) in [5.41, 5.74) is 0.756. The summed E-state index contributed by atoms with van der Waals surface area (Å²) in [6, 6.07) is 3.61. The first-order valence-electron chi connectivity index (χ1n) is 4.35. The SMILES string of the molecule is CCOC(=O)CNc1ccc(Br)nc1Br. The standard InChI is InChI=1S/C9H10Br2N2O2/c1-2-15-8(14)5-12-6-3-4-7(10)13-9(6)11/h3-4,12H,2,5H2,1H3. The average Bonchev–Trinajstić information content (AvgIpc) is 2.17. The summed E-state index contributed by atoms with van der Waals surface area (Å²) < 4.78 is 6.17. The van der Waals surface area contributed by atoms with Gasteiger partial charge in [0.05, 0.1) is 12.3 Å². The molecule has 0 amide bonds. The number of halogens is 2. The van der Waals surface area contributed by atoms with E-state index in [0.717, 1.165) is 10.3 Å². The molecule has 1 rings (SSSR count). The van der Waals surface area contributed by atoms with E-state index in [4.69, 9.17) is 4.74 Å². The number of esters is 1. The summed E-state index contributed by atoms with van der Waals surface area (Å²) >= 11 is 6.52. The Balaban J connectivity index is 2.54. The highest BCUT2D eigenvalue weighted by atomic mass is 79.9. The lowest BCUT2D eigenvalue weighted by Gasteiger charge is -2.07. The molecule has 0 bridgehead atoms. The molecule has 0 saturated heterocycles. The van der Waals surface area contributed by atoms with Crippen molar-refractivity contribution in [3.8, 4) is 0 Å². The van der Waals surface area contributed by atoms with E-state index in [1.165, 1.54) is 0 Å². The molecule has 0 aliphatic rings.